The first-order chi connectivity index (χ1) is 10.1. The summed E-state index contributed by atoms with van der Waals surface area (Å²) in [5.41, 5.74) is 1.48. The molecular formula is C17H25NO3. The highest BCUT2D eigenvalue weighted by molar-refractivity contribution is 5.28. The van der Waals surface area contributed by atoms with Crippen LogP contribution in [0.1, 0.15) is 30.4 Å². The topological polar surface area (TPSA) is 41.9 Å². The van der Waals surface area contributed by atoms with Gasteiger partial charge in [0.25, 0.3) is 0 Å². The first-order valence-electron chi connectivity index (χ1n) is 7.76. The minimum absolute atomic E-state index is 0.0268. The van der Waals surface area contributed by atoms with Crippen molar-refractivity contribution in [3.05, 3.63) is 35.4 Å². The van der Waals surface area contributed by atoms with Crippen LogP contribution in [0.2, 0.25) is 0 Å². The zero-order valence-electron chi connectivity index (χ0n) is 12.9. The SMILES string of the molecule is CN(C)Cc1ccc(C2(O)CCC3OCCOC3C2)cc1. The van der Waals surface area contributed by atoms with Crippen LogP contribution in [0.5, 0.6) is 0 Å². The second-order valence-corrected chi connectivity index (χ2v) is 6.53. The van der Waals surface area contributed by atoms with Gasteiger partial charge in [0.05, 0.1) is 31.0 Å². The first-order valence-corrected chi connectivity index (χ1v) is 7.76. The summed E-state index contributed by atoms with van der Waals surface area (Å²) in [6.07, 6.45) is 2.42. The highest BCUT2D eigenvalue weighted by atomic mass is 16.6. The third kappa shape index (κ3) is 3.29. The Balaban J connectivity index is 1.72. The molecule has 0 amide bonds. The average molecular weight is 291 g/mol. The zero-order chi connectivity index (χ0) is 14.9. The summed E-state index contributed by atoms with van der Waals surface area (Å²) < 4.78 is 11.5. The molecule has 3 rings (SSSR count). The van der Waals surface area contributed by atoms with Crippen LogP contribution in [0.3, 0.4) is 0 Å². The van der Waals surface area contributed by atoms with Crippen LogP contribution in [0.25, 0.3) is 0 Å². The van der Waals surface area contributed by atoms with Crippen LogP contribution in [0, 0.1) is 0 Å². The van der Waals surface area contributed by atoms with E-state index in [2.05, 4.69) is 43.3 Å². The zero-order valence-corrected chi connectivity index (χ0v) is 12.9. The van der Waals surface area contributed by atoms with Gasteiger partial charge in [0.15, 0.2) is 0 Å². The Morgan fingerprint density at radius 1 is 1.14 bits per heavy atom. The minimum Gasteiger partial charge on any atom is -0.385 e. The predicted molar refractivity (Wildman–Crippen MR) is 81.1 cm³/mol. The molecule has 21 heavy (non-hydrogen) atoms. The van der Waals surface area contributed by atoms with Crippen molar-refractivity contribution >= 4 is 0 Å². The molecule has 0 bridgehead atoms. The number of fused-ring (bicyclic) bond motifs is 1. The molecule has 1 N–H and O–H groups in total. The molecule has 1 aromatic carbocycles. The molecule has 116 valence electrons. The maximum atomic E-state index is 11.0. The van der Waals surface area contributed by atoms with Gasteiger partial charge in [-0.2, -0.15) is 0 Å². The maximum Gasteiger partial charge on any atom is 0.0923 e. The van der Waals surface area contributed by atoms with Gasteiger partial charge in [-0.05, 0) is 38.1 Å². The van der Waals surface area contributed by atoms with E-state index >= 15 is 0 Å². The summed E-state index contributed by atoms with van der Waals surface area (Å²) >= 11 is 0. The van der Waals surface area contributed by atoms with E-state index in [0.717, 1.165) is 24.9 Å². The minimum atomic E-state index is -0.779. The van der Waals surface area contributed by atoms with Gasteiger partial charge in [-0.15, -0.1) is 0 Å². The van der Waals surface area contributed by atoms with Crippen LogP contribution in [0.4, 0.5) is 0 Å². The van der Waals surface area contributed by atoms with Crippen molar-refractivity contribution in [3.63, 3.8) is 0 Å². The predicted octanol–water partition coefficient (Wildman–Crippen LogP) is 1.90. The van der Waals surface area contributed by atoms with Crippen molar-refractivity contribution in [3.8, 4) is 0 Å². The molecule has 1 saturated heterocycles. The molecule has 1 heterocycles. The molecule has 4 nitrogen and oxygen atoms in total. The van der Waals surface area contributed by atoms with Gasteiger partial charge in [0.2, 0.25) is 0 Å². The Bertz CT molecular complexity index is 473. The monoisotopic (exact) mass is 291 g/mol. The van der Waals surface area contributed by atoms with E-state index in [0.29, 0.717) is 19.6 Å². The van der Waals surface area contributed by atoms with Gasteiger partial charge in [-0.1, -0.05) is 24.3 Å². The van der Waals surface area contributed by atoms with Crippen LogP contribution in [-0.4, -0.2) is 49.5 Å². The van der Waals surface area contributed by atoms with Gasteiger partial charge >= 0.3 is 0 Å². The number of aliphatic hydroxyl groups is 1. The smallest absolute Gasteiger partial charge is 0.0923 e. The highest BCUT2D eigenvalue weighted by Gasteiger charge is 2.42. The largest absolute Gasteiger partial charge is 0.385 e. The molecule has 4 heteroatoms. The Morgan fingerprint density at radius 2 is 1.81 bits per heavy atom. The number of hydrogen-bond donors (Lipinski definition) is 1. The summed E-state index contributed by atoms with van der Waals surface area (Å²) in [5, 5.41) is 11.0. The van der Waals surface area contributed by atoms with E-state index in [4.69, 9.17) is 9.47 Å². The summed E-state index contributed by atoms with van der Waals surface area (Å²) in [6.45, 7) is 2.23. The van der Waals surface area contributed by atoms with Gasteiger partial charge < -0.3 is 19.5 Å². The van der Waals surface area contributed by atoms with Crippen molar-refractivity contribution in [2.24, 2.45) is 0 Å². The standard InChI is InChI=1S/C17H25NO3/c1-18(2)12-13-3-5-14(6-4-13)17(19)8-7-15-16(11-17)21-10-9-20-15/h3-6,15-16,19H,7-12H2,1-2H3. The molecule has 1 saturated carbocycles. The van der Waals surface area contributed by atoms with Crippen molar-refractivity contribution in [1.82, 2.24) is 4.90 Å². The fourth-order valence-corrected chi connectivity index (χ4v) is 3.44. The van der Waals surface area contributed by atoms with E-state index in [-0.39, 0.29) is 12.2 Å². The molecule has 2 aliphatic rings. The van der Waals surface area contributed by atoms with Gasteiger partial charge in [-0.3, -0.25) is 0 Å². The molecule has 0 radical (unpaired) electrons. The number of rotatable bonds is 3. The second kappa shape index (κ2) is 6.05. The Morgan fingerprint density at radius 3 is 2.48 bits per heavy atom. The van der Waals surface area contributed by atoms with Crippen LogP contribution >= 0.6 is 0 Å². The molecule has 3 unspecified atom stereocenters. The molecule has 2 fully saturated rings. The summed E-state index contributed by atoms with van der Waals surface area (Å²) in [5.74, 6) is 0. The summed E-state index contributed by atoms with van der Waals surface area (Å²) in [6, 6.07) is 8.33. The lowest BCUT2D eigenvalue weighted by Gasteiger charge is -2.43. The Labute approximate surface area is 126 Å². The van der Waals surface area contributed by atoms with Crippen molar-refractivity contribution in [2.75, 3.05) is 27.3 Å². The lowest BCUT2D eigenvalue weighted by Crippen LogP contribution is -2.48. The fourth-order valence-electron chi connectivity index (χ4n) is 3.44. The Hall–Kier alpha value is -0.940. The number of benzene rings is 1. The molecule has 0 aromatic heterocycles. The van der Waals surface area contributed by atoms with Gasteiger partial charge in [0.1, 0.15) is 0 Å². The van der Waals surface area contributed by atoms with Gasteiger partial charge in [0, 0.05) is 13.0 Å². The summed E-state index contributed by atoms with van der Waals surface area (Å²) in [4.78, 5) is 2.14. The number of hydrogen-bond acceptors (Lipinski definition) is 4. The van der Waals surface area contributed by atoms with E-state index in [1.165, 1.54) is 5.56 Å². The lowest BCUT2D eigenvalue weighted by atomic mass is 9.76. The quantitative estimate of drug-likeness (QED) is 0.923. The van der Waals surface area contributed by atoms with Crippen molar-refractivity contribution < 1.29 is 14.6 Å². The highest BCUT2D eigenvalue weighted by Crippen LogP contribution is 2.40. The summed E-state index contributed by atoms with van der Waals surface area (Å²) in [7, 11) is 4.12. The molecule has 0 spiro atoms. The maximum absolute atomic E-state index is 11.0. The third-order valence-corrected chi connectivity index (χ3v) is 4.53. The van der Waals surface area contributed by atoms with E-state index in [9.17, 15) is 5.11 Å². The third-order valence-electron chi connectivity index (χ3n) is 4.53. The normalized spacial score (nSPS) is 33.0. The van der Waals surface area contributed by atoms with E-state index < -0.39 is 5.60 Å². The molecular weight excluding hydrogens is 266 g/mol. The number of ether oxygens (including phenoxy) is 2. The number of nitrogens with zero attached hydrogens (tertiary/aromatic N) is 1. The molecule has 1 aliphatic carbocycles. The second-order valence-electron chi connectivity index (χ2n) is 6.53. The van der Waals surface area contributed by atoms with Crippen LogP contribution in [0.15, 0.2) is 24.3 Å². The van der Waals surface area contributed by atoms with E-state index in [1.807, 2.05) is 0 Å². The average Bonchev–Trinajstić information content (AvgIpc) is 2.47. The van der Waals surface area contributed by atoms with Gasteiger partial charge in [-0.25, -0.2) is 0 Å². The van der Waals surface area contributed by atoms with Crippen molar-refractivity contribution in [2.45, 2.75) is 43.6 Å². The lowest BCUT2D eigenvalue weighted by molar-refractivity contribution is -0.190. The van der Waals surface area contributed by atoms with Crippen LogP contribution < -0.4 is 0 Å². The fraction of sp³-hybridized carbons (Fsp3) is 0.647. The molecule has 3 atom stereocenters. The van der Waals surface area contributed by atoms with Crippen LogP contribution in [-0.2, 0) is 21.6 Å². The molecule has 1 aromatic rings. The Kier molecular flexibility index (Phi) is 4.31. The first kappa shape index (κ1) is 15.0. The van der Waals surface area contributed by atoms with Crippen molar-refractivity contribution in [1.29, 1.82) is 0 Å². The van der Waals surface area contributed by atoms with E-state index in [1.54, 1.807) is 0 Å². The molecule has 1 aliphatic heterocycles.